The van der Waals surface area contributed by atoms with Gasteiger partial charge in [-0.2, -0.15) is 0 Å². The lowest BCUT2D eigenvalue weighted by molar-refractivity contribution is -0.125. The monoisotopic (exact) mass is 641 g/mol. The molecule has 2 aromatic rings. The van der Waals surface area contributed by atoms with E-state index in [4.69, 9.17) is 25.4 Å². The predicted molar refractivity (Wildman–Crippen MR) is 161 cm³/mol. The maximum Gasteiger partial charge on any atom is 0.417 e. The molecule has 1 aliphatic rings. The number of ether oxygens (including phenoxy) is 1. The van der Waals surface area contributed by atoms with Gasteiger partial charge in [0.15, 0.2) is 5.85 Å². The van der Waals surface area contributed by atoms with E-state index in [9.17, 15) is 24.1 Å². The van der Waals surface area contributed by atoms with Crippen LogP contribution in [0.2, 0.25) is 5.02 Å². The fourth-order valence-corrected chi connectivity index (χ4v) is 7.12. The van der Waals surface area contributed by atoms with Crippen molar-refractivity contribution < 1.29 is 37.8 Å². The molecule has 1 saturated heterocycles. The predicted octanol–water partition coefficient (Wildman–Crippen LogP) is 4.42. The summed E-state index contributed by atoms with van der Waals surface area (Å²) in [6.07, 6.45) is -0.0380. The number of amides is 3. The number of rotatable bonds is 16. The third-order valence-electron chi connectivity index (χ3n) is 6.43. The average molecular weight is 642 g/mol. The molecular weight excluding hydrogens is 605 g/mol. The van der Waals surface area contributed by atoms with Gasteiger partial charge in [0, 0.05) is 17.5 Å². The van der Waals surface area contributed by atoms with Crippen molar-refractivity contribution in [2.75, 3.05) is 19.8 Å². The summed E-state index contributed by atoms with van der Waals surface area (Å²) in [7, 11) is -4.07. The molecule has 230 valence electrons. The normalized spacial score (nSPS) is 17.1. The number of halogens is 1. The Bertz CT molecular complexity index is 1230. The van der Waals surface area contributed by atoms with Gasteiger partial charge in [-0.15, -0.1) is 0 Å². The van der Waals surface area contributed by atoms with E-state index >= 15 is 0 Å². The van der Waals surface area contributed by atoms with E-state index in [0.717, 1.165) is 17.5 Å². The fraction of sp³-hybridized carbons (Fsp3) is 0.464. The largest absolute Gasteiger partial charge is 0.444 e. The van der Waals surface area contributed by atoms with Gasteiger partial charge in [-0.1, -0.05) is 54.1 Å². The summed E-state index contributed by atoms with van der Waals surface area (Å²) in [6.45, 7) is 3.67. The second kappa shape index (κ2) is 16.9. The highest BCUT2D eigenvalue weighted by Gasteiger charge is 2.43. The van der Waals surface area contributed by atoms with Gasteiger partial charge in [0.25, 0.3) is 0 Å². The standard InChI is InChI=1S/C28H37ClN3O8PS/c1-3-39-41(37,40-4-2)27(35)23(17-21-13-14-30-25(21)33)31-26(34)24(16-19-9-6-5-7-10-19)42-32-28(36)38-18-20-11-8-12-22(29)15-20/h5-12,15,21,23-24,27,35H,3-4,13-14,16-18H2,1-2H3,(H,30,33)(H,31,34)(H,32,36)/t21?,23-,24-,27?/m0/s1. The molecule has 1 aliphatic heterocycles. The molecule has 0 spiro atoms. The molecule has 0 bridgehead atoms. The summed E-state index contributed by atoms with van der Waals surface area (Å²) in [5.74, 6) is -3.02. The van der Waals surface area contributed by atoms with Gasteiger partial charge in [0.1, 0.15) is 11.9 Å². The molecule has 0 saturated carbocycles. The third-order valence-corrected chi connectivity index (χ3v) is 9.86. The molecular formula is C28H37ClN3O8PS. The van der Waals surface area contributed by atoms with E-state index in [1.54, 1.807) is 38.1 Å². The Balaban J connectivity index is 1.76. The van der Waals surface area contributed by atoms with E-state index in [1.165, 1.54) is 0 Å². The molecule has 2 unspecified atom stereocenters. The lowest BCUT2D eigenvalue weighted by Gasteiger charge is -2.31. The number of aliphatic hydroxyl groups excluding tert-OH is 1. The molecule has 0 aliphatic carbocycles. The van der Waals surface area contributed by atoms with Crippen LogP contribution in [0, 0.1) is 5.92 Å². The van der Waals surface area contributed by atoms with Crippen LogP contribution >= 0.6 is 31.1 Å². The van der Waals surface area contributed by atoms with E-state index in [0.29, 0.717) is 23.6 Å². The minimum absolute atomic E-state index is 0.00657. The first kappa shape index (κ1) is 33.9. The van der Waals surface area contributed by atoms with Crippen LogP contribution in [0.5, 0.6) is 0 Å². The van der Waals surface area contributed by atoms with Gasteiger partial charge in [-0.25, -0.2) is 4.79 Å². The van der Waals surface area contributed by atoms with Crippen LogP contribution < -0.4 is 15.4 Å². The first-order valence-electron chi connectivity index (χ1n) is 13.7. The number of benzene rings is 2. The highest BCUT2D eigenvalue weighted by molar-refractivity contribution is 7.99. The molecule has 1 fully saturated rings. The van der Waals surface area contributed by atoms with Crippen molar-refractivity contribution >= 4 is 49.1 Å². The van der Waals surface area contributed by atoms with Crippen LogP contribution in [0.3, 0.4) is 0 Å². The van der Waals surface area contributed by atoms with Gasteiger partial charge in [-0.3, -0.25) is 18.9 Å². The Hall–Kier alpha value is -2.60. The summed E-state index contributed by atoms with van der Waals surface area (Å²) < 4.78 is 31.9. The third kappa shape index (κ3) is 10.3. The molecule has 0 aromatic heterocycles. The number of carbonyl (C=O) groups is 3. The maximum absolute atomic E-state index is 13.7. The minimum Gasteiger partial charge on any atom is -0.444 e. The number of nitrogens with one attached hydrogen (secondary N) is 3. The van der Waals surface area contributed by atoms with Gasteiger partial charge < -0.3 is 29.5 Å². The van der Waals surface area contributed by atoms with Crippen LogP contribution in [-0.2, 0) is 41.0 Å². The summed E-state index contributed by atoms with van der Waals surface area (Å²) in [4.78, 5) is 38.5. The number of aliphatic hydroxyl groups is 1. The Morgan fingerprint density at radius 2 is 1.81 bits per heavy atom. The van der Waals surface area contributed by atoms with Crippen LogP contribution in [0.4, 0.5) is 4.79 Å². The van der Waals surface area contributed by atoms with Crippen LogP contribution in [0.25, 0.3) is 0 Å². The Morgan fingerprint density at radius 3 is 2.43 bits per heavy atom. The topological polar surface area (TPSA) is 152 Å². The first-order valence-corrected chi connectivity index (χ1v) is 16.5. The molecule has 2 aromatic carbocycles. The molecule has 1 heterocycles. The first-order chi connectivity index (χ1) is 20.1. The van der Waals surface area contributed by atoms with Crippen molar-refractivity contribution in [2.45, 2.75) is 56.9 Å². The summed E-state index contributed by atoms with van der Waals surface area (Å²) in [5, 5.41) is 16.3. The van der Waals surface area contributed by atoms with E-state index in [1.807, 2.05) is 30.3 Å². The summed E-state index contributed by atoms with van der Waals surface area (Å²) >= 11 is 6.83. The molecule has 3 amide bonds. The molecule has 4 N–H and O–H groups in total. The average Bonchev–Trinajstić information content (AvgIpc) is 3.38. The quantitative estimate of drug-likeness (QED) is 0.154. The van der Waals surface area contributed by atoms with Gasteiger partial charge in [0.2, 0.25) is 11.8 Å². The second-order valence-electron chi connectivity index (χ2n) is 9.52. The molecule has 11 nitrogen and oxygen atoms in total. The molecule has 42 heavy (non-hydrogen) atoms. The lowest BCUT2D eigenvalue weighted by Crippen LogP contribution is -2.49. The fourth-order valence-electron chi connectivity index (χ4n) is 4.42. The Kier molecular flexibility index (Phi) is 13.6. The molecule has 14 heteroatoms. The summed E-state index contributed by atoms with van der Waals surface area (Å²) in [5.41, 5.74) is 1.52. The van der Waals surface area contributed by atoms with Gasteiger partial charge in [0.05, 0.1) is 19.3 Å². The van der Waals surface area contributed by atoms with Crippen LogP contribution in [-0.4, -0.2) is 59.9 Å². The van der Waals surface area contributed by atoms with Gasteiger partial charge >= 0.3 is 13.7 Å². The molecule has 0 radical (unpaired) electrons. The molecule has 3 rings (SSSR count). The van der Waals surface area contributed by atoms with Crippen molar-refractivity contribution in [1.29, 1.82) is 0 Å². The van der Waals surface area contributed by atoms with Crippen molar-refractivity contribution in [3.8, 4) is 0 Å². The smallest absolute Gasteiger partial charge is 0.417 e. The zero-order chi connectivity index (χ0) is 30.5. The number of hydrogen-bond acceptors (Lipinski definition) is 9. The zero-order valence-electron chi connectivity index (χ0n) is 23.5. The lowest BCUT2D eigenvalue weighted by atomic mass is 9.98. The number of hydrogen-bond donors (Lipinski definition) is 4. The van der Waals surface area contributed by atoms with Crippen molar-refractivity contribution in [3.05, 3.63) is 70.7 Å². The summed E-state index contributed by atoms with van der Waals surface area (Å²) in [6, 6.07) is 14.9. The minimum atomic E-state index is -4.07. The maximum atomic E-state index is 13.7. The van der Waals surface area contributed by atoms with Crippen LogP contribution in [0.15, 0.2) is 54.6 Å². The molecule has 4 atom stereocenters. The van der Waals surface area contributed by atoms with E-state index < -0.39 is 42.7 Å². The Morgan fingerprint density at radius 1 is 1.12 bits per heavy atom. The van der Waals surface area contributed by atoms with Crippen LogP contribution in [0.1, 0.15) is 37.8 Å². The van der Waals surface area contributed by atoms with E-state index in [-0.39, 0.29) is 38.6 Å². The second-order valence-corrected chi connectivity index (χ2v) is 13.1. The Labute approximate surface area is 255 Å². The number of carbonyl (C=O) groups excluding carboxylic acids is 3. The van der Waals surface area contributed by atoms with Gasteiger partial charge in [-0.05, 0) is 68.3 Å². The van der Waals surface area contributed by atoms with E-state index in [2.05, 4.69) is 15.4 Å². The zero-order valence-corrected chi connectivity index (χ0v) is 26.0. The SMILES string of the molecule is CCOP(=O)(OCC)C(O)[C@H](CC1CCNC1=O)NC(=O)[C@H](Cc1ccccc1)SNC(=O)OCc1cccc(Cl)c1. The van der Waals surface area contributed by atoms with Crippen molar-refractivity contribution in [1.82, 2.24) is 15.4 Å². The highest BCUT2D eigenvalue weighted by atomic mass is 35.5. The van der Waals surface area contributed by atoms with Crippen molar-refractivity contribution in [2.24, 2.45) is 5.92 Å². The highest BCUT2D eigenvalue weighted by Crippen LogP contribution is 2.53. The van der Waals surface area contributed by atoms with Crippen molar-refractivity contribution in [3.63, 3.8) is 0 Å².